The minimum atomic E-state index is -3.93. The summed E-state index contributed by atoms with van der Waals surface area (Å²) in [5.74, 6) is -0.922. The molecule has 1 saturated carbocycles. The fourth-order valence-corrected chi connectivity index (χ4v) is 6.69. The summed E-state index contributed by atoms with van der Waals surface area (Å²) in [5.41, 5.74) is 1.46. The first kappa shape index (κ1) is 31.2. The summed E-state index contributed by atoms with van der Waals surface area (Å²) < 4.78 is 26.8. The molecule has 1 fully saturated rings. The summed E-state index contributed by atoms with van der Waals surface area (Å²) in [5, 5.41) is 3.95. The third-order valence-corrected chi connectivity index (χ3v) is 9.32. The van der Waals surface area contributed by atoms with Crippen LogP contribution in [-0.2, 0) is 32.6 Å². The maximum absolute atomic E-state index is 14.2. The fourth-order valence-electron chi connectivity index (χ4n) is 5.02. The maximum Gasteiger partial charge on any atom is 0.244 e. The van der Waals surface area contributed by atoms with E-state index >= 15 is 0 Å². The number of nitrogens with zero attached hydrogens (tertiary/aromatic N) is 2. The molecule has 1 N–H and O–H groups in total. The van der Waals surface area contributed by atoms with Crippen LogP contribution in [0.4, 0.5) is 5.69 Å². The summed E-state index contributed by atoms with van der Waals surface area (Å²) >= 11 is 19.4. The molecule has 41 heavy (non-hydrogen) atoms. The Morgan fingerprint density at radius 1 is 0.878 bits per heavy atom. The van der Waals surface area contributed by atoms with Crippen molar-refractivity contribution in [2.45, 2.75) is 50.7 Å². The van der Waals surface area contributed by atoms with Crippen molar-refractivity contribution in [3.63, 3.8) is 0 Å². The molecule has 11 heteroatoms. The van der Waals surface area contributed by atoms with Gasteiger partial charge in [0.2, 0.25) is 21.8 Å². The van der Waals surface area contributed by atoms with Gasteiger partial charge in [-0.25, -0.2) is 8.42 Å². The minimum Gasteiger partial charge on any atom is -0.352 e. The number of carbonyl (C=O) groups excluding carboxylic acids is 2. The number of hydrogen-bond donors (Lipinski definition) is 1. The van der Waals surface area contributed by atoms with E-state index in [0.29, 0.717) is 15.6 Å². The summed E-state index contributed by atoms with van der Waals surface area (Å²) in [7, 11) is -3.93. The highest BCUT2D eigenvalue weighted by Crippen LogP contribution is 2.30. The number of para-hydroxylation sites is 1. The number of hydrogen-bond acceptors (Lipinski definition) is 4. The van der Waals surface area contributed by atoms with Crippen LogP contribution < -0.4 is 9.62 Å². The zero-order chi connectivity index (χ0) is 29.6. The molecule has 0 heterocycles. The number of carbonyl (C=O) groups is 2. The summed E-state index contributed by atoms with van der Waals surface area (Å²) in [6.07, 6.45) is 4.98. The van der Waals surface area contributed by atoms with Crippen LogP contribution in [-0.4, -0.2) is 50.0 Å². The zero-order valence-corrected chi connectivity index (χ0v) is 25.7. The normalized spacial score (nSPS) is 14.4. The van der Waals surface area contributed by atoms with Gasteiger partial charge in [0.05, 0.1) is 17.0 Å². The molecule has 0 unspecified atom stereocenters. The minimum absolute atomic E-state index is 0.0114. The van der Waals surface area contributed by atoms with Gasteiger partial charge in [0.1, 0.15) is 12.6 Å². The number of sulfonamides is 1. The van der Waals surface area contributed by atoms with Crippen molar-refractivity contribution >= 4 is 62.3 Å². The quantitative estimate of drug-likeness (QED) is 0.275. The van der Waals surface area contributed by atoms with E-state index in [1.54, 1.807) is 36.4 Å². The number of halogens is 3. The fraction of sp³-hybridized carbons (Fsp3) is 0.333. The number of rotatable bonds is 11. The van der Waals surface area contributed by atoms with Crippen molar-refractivity contribution in [2.24, 2.45) is 0 Å². The molecular weight excluding hydrogens is 605 g/mol. The number of anilines is 1. The molecule has 218 valence electrons. The van der Waals surface area contributed by atoms with E-state index in [0.717, 1.165) is 41.8 Å². The first-order valence-corrected chi connectivity index (χ1v) is 16.3. The standard InChI is InChI=1S/C30H32Cl3N3O4S/c1-41(39,40)36(27-17-8-7-14-26(27)33)20-29(37)35(19-23-24(31)15-9-16-25(23)32)28(18-21-10-3-2-4-11-21)30(38)34-22-12-5-6-13-22/h2-4,7-11,14-17,22,28H,5-6,12-13,18-20H2,1H3,(H,34,38)/t28-/m0/s1. The molecule has 3 aromatic rings. The Morgan fingerprint density at radius 3 is 2.07 bits per heavy atom. The van der Waals surface area contributed by atoms with Crippen molar-refractivity contribution in [1.82, 2.24) is 10.2 Å². The smallest absolute Gasteiger partial charge is 0.244 e. The van der Waals surface area contributed by atoms with Crippen molar-refractivity contribution in [3.05, 3.63) is 99.0 Å². The number of nitrogens with one attached hydrogen (secondary N) is 1. The monoisotopic (exact) mass is 635 g/mol. The maximum atomic E-state index is 14.2. The molecular formula is C30H32Cl3N3O4S. The Balaban J connectivity index is 1.77. The van der Waals surface area contributed by atoms with Gasteiger partial charge in [-0.1, -0.05) is 96.2 Å². The molecule has 0 bridgehead atoms. The van der Waals surface area contributed by atoms with Gasteiger partial charge in [0.15, 0.2) is 0 Å². The van der Waals surface area contributed by atoms with Crippen LogP contribution >= 0.6 is 34.8 Å². The lowest BCUT2D eigenvalue weighted by atomic mass is 10.0. The molecule has 3 aromatic carbocycles. The van der Waals surface area contributed by atoms with E-state index in [4.69, 9.17) is 34.8 Å². The van der Waals surface area contributed by atoms with Gasteiger partial charge in [0, 0.05) is 34.6 Å². The lowest BCUT2D eigenvalue weighted by Gasteiger charge is -2.34. The van der Waals surface area contributed by atoms with Crippen molar-refractivity contribution < 1.29 is 18.0 Å². The van der Waals surface area contributed by atoms with Crippen LogP contribution in [0.25, 0.3) is 0 Å². The first-order valence-electron chi connectivity index (χ1n) is 13.3. The molecule has 2 amide bonds. The highest BCUT2D eigenvalue weighted by atomic mass is 35.5. The summed E-state index contributed by atoms with van der Waals surface area (Å²) in [6, 6.07) is 19.8. The lowest BCUT2D eigenvalue weighted by Crippen LogP contribution is -2.54. The van der Waals surface area contributed by atoms with E-state index < -0.39 is 28.5 Å². The van der Waals surface area contributed by atoms with Crippen molar-refractivity contribution in [3.8, 4) is 0 Å². The molecule has 1 atom stereocenters. The number of benzene rings is 3. The Labute approximate surface area is 256 Å². The van der Waals surface area contributed by atoms with Crippen LogP contribution in [0.3, 0.4) is 0 Å². The van der Waals surface area contributed by atoms with Crippen LogP contribution in [0.5, 0.6) is 0 Å². The van der Waals surface area contributed by atoms with Gasteiger partial charge in [-0.05, 0) is 42.7 Å². The predicted octanol–water partition coefficient (Wildman–Crippen LogP) is 6.11. The van der Waals surface area contributed by atoms with Crippen LogP contribution in [0.2, 0.25) is 15.1 Å². The average Bonchev–Trinajstić information content (AvgIpc) is 3.44. The van der Waals surface area contributed by atoms with Gasteiger partial charge < -0.3 is 10.2 Å². The lowest BCUT2D eigenvalue weighted by molar-refractivity contribution is -0.140. The Hall–Kier alpha value is -2.78. The number of amides is 2. The summed E-state index contributed by atoms with van der Waals surface area (Å²) in [6.45, 7) is -0.681. The second-order valence-corrected chi connectivity index (χ2v) is 13.3. The van der Waals surface area contributed by atoms with E-state index in [9.17, 15) is 18.0 Å². The van der Waals surface area contributed by atoms with Gasteiger partial charge in [-0.15, -0.1) is 0 Å². The van der Waals surface area contributed by atoms with Crippen LogP contribution in [0, 0.1) is 0 Å². The SMILES string of the molecule is CS(=O)(=O)N(CC(=O)N(Cc1c(Cl)cccc1Cl)[C@@H](Cc1ccccc1)C(=O)NC1CCCC1)c1ccccc1Cl. The molecule has 4 rings (SSSR count). The van der Waals surface area contributed by atoms with Crippen LogP contribution in [0.1, 0.15) is 36.8 Å². The van der Waals surface area contributed by atoms with Crippen LogP contribution in [0.15, 0.2) is 72.8 Å². The van der Waals surface area contributed by atoms with Gasteiger partial charge in [-0.2, -0.15) is 0 Å². The molecule has 0 radical (unpaired) electrons. The zero-order valence-electron chi connectivity index (χ0n) is 22.6. The molecule has 0 saturated heterocycles. The third kappa shape index (κ3) is 8.16. The molecule has 1 aliphatic rings. The predicted molar refractivity (Wildman–Crippen MR) is 165 cm³/mol. The Morgan fingerprint density at radius 2 is 1.46 bits per heavy atom. The molecule has 7 nitrogen and oxygen atoms in total. The molecule has 0 aromatic heterocycles. The van der Waals surface area contributed by atoms with Gasteiger partial charge >= 0.3 is 0 Å². The second-order valence-electron chi connectivity index (χ2n) is 10.1. The van der Waals surface area contributed by atoms with E-state index in [1.165, 1.54) is 11.0 Å². The summed E-state index contributed by atoms with van der Waals surface area (Å²) in [4.78, 5) is 29.5. The van der Waals surface area contributed by atoms with E-state index in [2.05, 4.69) is 5.32 Å². The third-order valence-electron chi connectivity index (χ3n) is 7.16. The first-order chi connectivity index (χ1) is 19.5. The second kappa shape index (κ2) is 13.9. The molecule has 1 aliphatic carbocycles. The van der Waals surface area contributed by atoms with E-state index in [1.807, 2.05) is 30.3 Å². The largest absolute Gasteiger partial charge is 0.352 e. The Kier molecular flexibility index (Phi) is 10.6. The Bertz CT molecular complexity index is 1460. The van der Waals surface area contributed by atoms with Crippen molar-refractivity contribution in [1.29, 1.82) is 0 Å². The highest BCUT2D eigenvalue weighted by molar-refractivity contribution is 7.92. The topological polar surface area (TPSA) is 86.8 Å². The highest BCUT2D eigenvalue weighted by Gasteiger charge is 2.35. The molecule has 0 aliphatic heterocycles. The van der Waals surface area contributed by atoms with Crippen molar-refractivity contribution in [2.75, 3.05) is 17.1 Å². The molecule has 0 spiro atoms. The average molecular weight is 637 g/mol. The van der Waals surface area contributed by atoms with Gasteiger partial charge in [-0.3, -0.25) is 13.9 Å². The van der Waals surface area contributed by atoms with Gasteiger partial charge in [0.25, 0.3) is 0 Å². The van der Waals surface area contributed by atoms with E-state index in [-0.39, 0.29) is 35.6 Å².